The first-order chi connectivity index (χ1) is 12.7. The smallest absolute Gasteiger partial charge is 0.271 e. The van der Waals surface area contributed by atoms with Gasteiger partial charge in [0.25, 0.3) is 5.69 Å². The van der Waals surface area contributed by atoms with Gasteiger partial charge in [-0.1, -0.05) is 36.4 Å². The van der Waals surface area contributed by atoms with Crippen molar-refractivity contribution in [3.05, 3.63) is 100 Å². The first-order valence-electron chi connectivity index (χ1n) is 7.95. The van der Waals surface area contributed by atoms with E-state index in [1.54, 1.807) is 6.07 Å². The maximum Gasteiger partial charge on any atom is 0.271 e. The van der Waals surface area contributed by atoms with Crippen molar-refractivity contribution >= 4 is 28.9 Å². The largest absolute Gasteiger partial charge is 0.419 e. The molecule has 1 heterocycles. The maximum absolute atomic E-state index is 11.1. The zero-order valence-electron chi connectivity index (χ0n) is 13.6. The molecule has 0 aliphatic carbocycles. The number of nitro groups is 1. The predicted octanol–water partition coefficient (Wildman–Crippen LogP) is 4.78. The average molecular weight is 343 g/mol. The van der Waals surface area contributed by atoms with E-state index in [0.717, 1.165) is 11.1 Å². The number of non-ortho nitro benzene ring substituents is 1. The first kappa shape index (κ1) is 15.7. The molecule has 0 fully saturated rings. The van der Waals surface area contributed by atoms with Crippen LogP contribution in [0.3, 0.4) is 0 Å². The van der Waals surface area contributed by atoms with Gasteiger partial charge >= 0.3 is 0 Å². The second-order valence-corrected chi connectivity index (χ2v) is 5.60. The van der Waals surface area contributed by atoms with Crippen molar-refractivity contribution in [2.45, 2.75) is 0 Å². The van der Waals surface area contributed by atoms with Crippen LogP contribution >= 0.6 is 0 Å². The monoisotopic (exact) mass is 343 g/mol. The van der Waals surface area contributed by atoms with Crippen LogP contribution < -0.4 is 0 Å². The van der Waals surface area contributed by atoms with E-state index in [0.29, 0.717) is 23.2 Å². The van der Waals surface area contributed by atoms with E-state index >= 15 is 0 Å². The number of nitrogens with zero attached hydrogens (tertiary/aromatic N) is 3. The Morgan fingerprint density at radius 3 is 1.81 bits per heavy atom. The number of aliphatic imine (C=N–C) groups is 2. The van der Waals surface area contributed by atoms with Crippen LogP contribution in [0.4, 0.5) is 17.1 Å². The van der Waals surface area contributed by atoms with Crippen molar-refractivity contribution in [2.75, 3.05) is 0 Å². The van der Waals surface area contributed by atoms with Gasteiger partial charge in [0.1, 0.15) is 0 Å². The minimum atomic E-state index is -0.453. The molecule has 0 saturated carbocycles. The highest BCUT2D eigenvalue weighted by molar-refractivity contribution is 6.10. The summed E-state index contributed by atoms with van der Waals surface area (Å²) >= 11 is 0. The van der Waals surface area contributed by atoms with E-state index < -0.39 is 4.92 Å². The second-order valence-electron chi connectivity index (χ2n) is 5.60. The Morgan fingerprint density at radius 2 is 1.27 bits per heavy atom. The number of nitro benzene ring substituents is 1. The number of benzene rings is 3. The third kappa shape index (κ3) is 3.08. The van der Waals surface area contributed by atoms with Gasteiger partial charge < -0.3 is 4.74 Å². The van der Waals surface area contributed by atoms with Gasteiger partial charge in [-0.05, 0) is 30.3 Å². The zero-order valence-corrected chi connectivity index (χ0v) is 13.6. The SMILES string of the molecule is O=[N+]([O-])c1ccc2c(c1)N=C(c1ccccc1)OC(c1ccccc1)=N2. The lowest BCUT2D eigenvalue weighted by Crippen LogP contribution is -2.13. The van der Waals surface area contributed by atoms with Crippen molar-refractivity contribution in [1.82, 2.24) is 0 Å². The van der Waals surface area contributed by atoms with Gasteiger partial charge in [0.15, 0.2) is 0 Å². The van der Waals surface area contributed by atoms with E-state index in [4.69, 9.17) is 4.74 Å². The quantitative estimate of drug-likeness (QED) is 0.507. The van der Waals surface area contributed by atoms with Crippen LogP contribution in [0.5, 0.6) is 0 Å². The molecular formula is C20H13N3O3. The van der Waals surface area contributed by atoms with Crippen molar-refractivity contribution in [1.29, 1.82) is 0 Å². The Kier molecular flexibility index (Phi) is 3.99. The highest BCUT2D eigenvalue weighted by Gasteiger charge is 2.19. The summed E-state index contributed by atoms with van der Waals surface area (Å²) in [7, 11) is 0. The Morgan fingerprint density at radius 1 is 0.731 bits per heavy atom. The fourth-order valence-electron chi connectivity index (χ4n) is 2.57. The second kappa shape index (κ2) is 6.60. The number of rotatable bonds is 3. The van der Waals surface area contributed by atoms with Gasteiger partial charge in [-0.2, -0.15) is 0 Å². The maximum atomic E-state index is 11.1. The van der Waals surface area contributed by atoms with Crippen LogP contribution in [0.25, 0.3) is 0 Å². The van der Waals surface area contributed by atoms with Crippen LogP contribution in [-0.4, -0.2) is 16.7 Å². The molecule has 0 unspecified atom stereocenters. The lowest BCUT2D eigenvalue weighted by atomic mass is 10.2. The molecule has 0 radical (unpaired) electrons. The van der Waals surface area contributed by atoms with E-state index in [1.165, 1.54) is 12.1 Å². The van der Waals surface area contributed by atoms with Crippen LogP contribution in [0.15, 0.2) is 88.8 Å². The molecule has 0 saturated heterocycles. The lowest BCUT2D eigenvalue weighted by Gasteiger charge is -2.09. The summed E-state index contributed by atoms with van der Waals surface area (Å²) in [5.74, 6) is 0.730. The molecule has 3 aromatic carbocycles. The van der Waals surface area contributed by atoms with Gasteiger partial charge in [-0.3, -0.25) is 10.1 Å². The minimum Gasteiger partial charge on any atom is -0.419 e. The molecule has 3 aromatic rings. The summed E-state index contributed by atoms with van der Waals surface area (Å²) in [6.07, 6.45) is 0. The molecule has 1 aliphatic rings. The lowest BCUT2D eigenvalue weighted by molar-refractivity contribution is -0.384. The van der Waals surface area contributed by atoms with Gasteiger partial charge in [-0.15, -0.1) is 0 Å². The van der Waals surface area contributed by atoms with Crippen molar-refractivity contribution in [3.8, 4) is 0 Å². The standard InChI is InChI=1S/C20H13N3O3/c24-23(25)16-11-12-17-18(13-16)22-20(15-9-5-2-6-10-15)26-19(21-17)14-7-3-1-4-8-14/h1-13H. The van der Waals surface area contributed by atoms with Crippen LogP contribution in [-0.2, 0) is 4.74 Å². The molecule has 4 rings (SSSR count). The number of ether oxygens (including phenoxy) is 1. The van der Waals surface area contributed by atoms with Crippen molar-refractivity contribution in [2.24, 2.45) is 9.98 Å². The van der Waals surface area contributed by atoms with Gasteiger partial charge in [0.2, 0.25) is 11.8 Å². The molecule has 0 atom stereocenters. The van der Waals surface area contributed by atoms with E-state index in [2.05, 4.69) is 9.98 Å². The molecule has 26 heavy (non-hydrogen) atoms. The number of hydrogen-bond acceptors (Lipinski definition) is 5. The molecule has 6 heteroatoms. The minimum absolute atomic E-state index is 0.0433. The zero-order chi connectivity index (χ0) is 17.9. The molecule has 6 nitrogen and oxygen atoms in total. The average Bonchev–Trinajstić information content (AvgIpc) is 2.88. The Balaban J connectivity index is 1.90. The fourth-order valence-corrected chi connectivity index (χ4v) is 2.57. The van der Waals surface area contributed by atoms with Gasteiger partial charge in [0.05, 0.1) is 16.3 Å². The summed E-state index contributed by atoms with van der Waals surface area (Å²) in [5.41, 5.74) is 2.42. The highest BCUT2D eigenvalue weighted by atomic mass is 16.6. The van der Waals surface area contributed by atoms with E-state index in [1.807, 2.05) is 60.7 Å². The van der Waals surface area contributed by atoms with Crippen LogP contribution in [0, 0.1) is 10.1 Å². The molecule has 126 valence electrons. The topological polar surface area (TPSA) is 77.1 Å². The molecule has 0 aromatic heterocycles. The normalized spacial score (nSPS) is 12.9. The molecular weight excluding hydrogens is 330 g/mol. The van der Waals surface area contributed by atoms with Gasteiger partial charge in [-0.25, -0.2) is 9.98 Å². The first-order valence-corrected chi connectivity index (χ1v) is 7.95. The molecule has 0 spiro atoms. The Hall–Kier alpha value is -3.80. The number of hydrogen-bond donors (Lipinski definition) is 0. The molecule has 0 bridgehead atoms. The Labute approximate surface area is 149 Å². The highest BCUT2D eigenvalue weighted by Crippen LogP contribution is 2.35. The van der Waals surface area contributed by atoms with Crippen LogP contribution in [0.1, 0.15) is 11.1 Å². The van der Waals surface area contributed by atoms with Crippen molar-refractivity contribution in [3.63, 3.8) is 0 Å². The summed E-state index contributed by atoms with van der Waals surface area (Å²) in [4.78, 5) is 19.7. The third-order valence-electron chi connectivity index (χ3n) is 3.85. The molecule has 0 amide bonds. The molecule has 1 aliphatic heterocycles. The summed E-state index contributed by atoms with van der Waals surface area (Å²) in [6.45, 7) is 0. The van der Waals surface area contributed by atoms with E-state index in [-0.39, 0.29) is 5.69 Å². The summed E-state index contributed by atoms with van der Waals surface area (Å²) in [6, 6.07) is 23.2. The van der Waals surface area contributed by atoms with Gasteiger partial charge in [0, 0.05) is 23.3 Å². The Bertz CT molecular complexity index is 1030. The van der Waals surface area contributed by atoms with Crippen LogP contribution in [0.2, 0.25) is 0 Å². The van der Waals surface area contributed by atoms with Crippen molar-refractivity contribution < 1.29 is 9.66 Å². The predicted molar refractivity (Wildman–Crippen MR) is 99.5 cm³/mol. The third-order valence-corrected chi connectivity index (χ3v) is 3.85. The number of fused-ring (bicyclic) bond motifs is 1. The fraction of sp³-hybridized carbons (Fsp3) is 0. The van der Waals surface area contributed by atoms with E-state index in [9.17, 15) is 10.1 Å². The summed E-state index contributed by atoms with van der Waals surface area (Å²) in [5, 5.41) is 11.1. The molecule has 0 N–H and O–H groups in total. The summed E-state index contributed by atoms with van der Waals surface area (Å²) < 4.78 is 6.00.